The largest absolute Gasteiger partial charge is 0.349 e. The van der Waals surface area contributed by atoms with E-state index >= 15 is 0 Å². The average Bonchev–Trinajstić information content (AvgIpc) is 2.67. The van der Waals surface area contributed by atoms with E-state index in [-0.39, 0.29) is 0 Å². The van der Waals surface area contributed by atoms with E-state index in [2.05, 4.69) is 42.1 Å². The van der Waals surface area contributed by atoms with E-state index < -0.39 is 0 Å². The molecule has 0 saturated carbocycles. The molecule has 0 aliphatic carbocycles. The van der Waals surface area contributed by atoms with Gasteiger partial charge in [-0.2, -0.15) is 0 Å². The van der Waals surface area contributed by atoms with E-state index in [1.807, 2.05) is 0 Å². The highest BCUT2D eigenvalue weighted by molar-refractivity contribution is 5.15. The lowest BCUT2D eigenvalue weighted by Gasteiger charge is -2.25. The molecule has 2 heteroatoms. The Bertz CT molecular complexity index is 282. The first-order valence-corrected chi connectivity index (χ1v) is 5.66. The normalized spacial score (nSPS) is 22.9. The van der Waals surface area contributed by atoms with Crippen molar-refractivity contribution in [2.24, 2.45) is 0 Å². The number of aromatic nitrogens is 1. The Hall–Kier alpha value is -0.760. The Morgan fingerprint density at radius 3 is 3.00 bits per heavy atom. The highest BCUT2D eigenvalue weighted by Crippen LogP contribution is 2.25. The first kappa shape index (κ1) is 9.78. The number of piperidine rings is 1. The molecule has 0 aromatic carbocycles. The highest BCUT2D eigenvalue weighted by atomic mass is 15.0. The van der Waals surface area contributed by atoms with Gasteiger partial charge in [-0.1, -0.05) is 0 Å². The Kier molecular flexibility index (Phi) is 2.92. The summed E-state index contributed by atoms with van der Waals surface area (Å²) in [4.78, 5) is 0. The van der Waals surface area contributed by atoms with E-state index in [0.29, 0.717) is 6.04 Å². The summed E-state index contributed by atoms with van der Waals surface area (Å²) in [6.45, 7) is 6.84. The number of hydrogen-bond donors (Lipinski definition) is 1. The SMILES string of the molecule is CC(C)n1cccc1C1CCCNC1. The molecule has 2 nitrogen and oxygen atoms in total. The molecule has 1 aromatic rings. The van der Waals surface area contributed by atoms with Crippen LogP contribution < -0.4 is 5.32 Å². The summed E-state index contributed by atoms with van der Waals surface area (Å²) in [7, 11) is 0. The Balaban J connectivity index is 2.17. The molecule has 1 fully saturated rings. The van der Waals surface area contributed by atoms with Gasteiger partial charge in [0.05, 0.1) is 0 Å². The van der Waals surface area contributed by atoms with Crippen LogP contribution in [-0.4, -0.2) is 17.7 Å². The maximum absolute atomic E-state index is 3.48. The van der Waals surface area contributed by atoms with Gasteiger partial charge >= 0.3 is 0 Å². The zero-order valence-electron chi connectivity index (χ0n) is 9.16. The van der Waals surface area contributed by atoms with Crippen LogP contribution in [0.4, 0.5) is 0 Å². The first-order valence-electron chi connectivity index (χ1n) is 5.66. The molecule has 1 N–H and O–H groups in total. The van der Waals surface area contributed by atoms with Crippen molar-refractivity contribution in [3.8, 4) is 0 Å². The topological polar surface area (TPSA) is 17.0 Å². The van der Waals surface area contributed by atoms with Crippen LogP contribution in [0.2, 0.25) is 0 Å². The summed E-state index contributed by atoms with van der Waals surface area (Å²) >= 11 is 0. The summed E-state index contributed by atoms with van der Waals surface area (Å²) in [5, 5.41) is 3.48. The van der Waals surface area contributed by atoms with Gasteiger partial charge in [0.2, 0.25) is 0 Å². The average molecular weight is 192 g/mol. The molecule has 14 heavy (non-hydrogen) atoms. The van der Waals surface area contributed by atoms with Crippen LogP contribution in [0.1, 0.15) is 44.3 Å². The molecule has 0 amide bonds. The molecule has 0 radical (unpaired) electrons. The second-order valence-electron chi connectivity index (χ2n) is 4.48. The van der Waals surface area contributed by atoms with Crippen LogP contribution in [0, 0.1) is 0 Å². The van der Waals surface area contributed by atoms with Crippen molar-refractivity contribution < 1.29 is 0 Å². The molecule has 2 heterocycles. The van der Waals surface area contributed by atoms with Crippen molar-refractivity contribution in [1.82, 2.24) is 9.88 Å². The maximum atomic E-state index is 3.48. The molecule has 2 rings (SSSR count). The van der Waals surface area contributed by atoms with Gasteiger partial charge in [0, 0.05) is 30.4 Å². The lowest BCUT2D eigenvalue weighted by molar-refractivity contribution is 0.431. The Morgan fingerprint density at radius 1 is 1.50 bits per heavy atom. The molecule has 1 unspecified atom stereocenters. The molecular weight excluding hydrogens is 172 g/mol. The van der Waals surface area contributed by atoms with Crippen molar-refractivity contribution in [1.29, 1.82) is 0 Å². The summed E-state index contributed by atoms with van der Waals surface area (Å²) in [6.07, 6.45) is 4.85. The second-order valence-corrected chi connectivity index (χ2v) is 4.48. The summed E-state index contributed by atoms with van der Waals surface area (Å²) in [5.41, 5.74) is 1.51. The van der Waals surface area contributed by atoms with Crippen LogP contribution in [0.25, 0.3) is 0 Å². The van der Waals surface area contributed by atoms with Gasteiger partial charge in [-0.15, -0.1) is 0 Å². The van der Waals surface area contributed by atoms with E-state index in [1.165, 1.54) is 25.1 Å². The number of hydrogen-bond acceptors (Lipinski definition) is 1. The molecule has 1 atom stereocenters. The van der Waals surface area contributed by atoms with Crippen molar-refractivity contribution in [2.45, 2.75) is 38.6 Å². The fourth-order valence-electron chi connectivity index (χ4n) is 2.33. The van der Waals surface area contributed by atoms with Gasteiger partial charge in [-0.05, 0) is 45.4 Å². The van der Waals surface area contributed by atoms with Crippen LogP contribution in [0.3, 0.4) is 0 Å². The molecule has 1 saturated heterocycles. The molecule has 1 aliphatic rings. The van der Waals surface area contributed by atoms with Crippen molar-refractivity contribution in [2.75, 3.05) is 13.1 Å². The van der Waals surface area contributed by atoms with Gasteiger partial charge < -0.3 is 9.88 Å². The first-order chi connectivity index (χ1) is 6.79. The standard InChI is InChI=1S/C12H20N2/c1-10(2)14-8-4-6-12(14)11-5-3-7-13-9-11/h4,6,8,10-11,13H,3,5,7,9H2,1-2H3. The summed E-state index contributed by atoms with van der Waals surface area (Å²) in [5.74, 6) is 0.723. The molecule has 1 aliphatic heterocycles. The van der Waals surface area contributed by atoms with E-state index in [0.717, 1.165) is 12.5 Å². The molecular formula is C12H20N2. The smallest absolute Gasteiger partial charge is 0.0276 e. The fourth-order valence-corrected chi connectivity index (χ4v) is 2.33. The minimum Gasteiger partial charge on any atom is -0.349 e. The van der Waals surface area contributed by atoms with Gasteiger partial charge in [0.15, 0.2) is 0 Å². The maximum Gasteiger partial charge on any atom is 0.0276 e. The summed E-state index contributed by atoms with van der Waals surface area (Å²) < 4.78 is 2.40. The lowest BCUT2D eigenvalue weighted by atomic mass is 9.96. The van der Waals surface area contributed by atoms with E-state index in [9.17, 15) is 0 Å². The van der Waals surface area contributed by atoms with Gasteiger partial charge in [-0.25, -0.2) is 0 Å². The zero-order valence-corrected chi connectivity index (χ0v) is 9.16. The molecule has 1 aromatic heterocycles. The minimum atomic E-state index is 0.585. The third kappa shape index (κ3) is 1.85. The van der Waals surface area contributed by atoms with E-state index in [4.69, 9.17) is 0 Å². The van der Waals surface area contributed by atoms with Crippen molar-refractivity contribution in [3.05, 3.63) is 24.0 Å². The third-order valence-corrected chi connectivity index (χ3v) is 3.08. The molecule has 78 valence electrons. The van der Waals surface area contributed by atoms with Gasteiger partial charge in [0.25, 0.3) is 0 Å². The summed E-state index contributed by atoms with van der Waals surface area (Å²) in [6, 6.07) is 5.03. The molecule has 0 bridgehead atoms. The third-order valence-electron chi connectivity index (χ3n) is 3.08. The fraction of sp³-hybridized carbons (Fsp3) is 0.667. The number of nitrogens with one attached hydrogen (secondary N) is 1. The zero-order chi connectivity index (χ0) is 9.97. The highest BCUT2D eigenvalue weighted by Gasteiger charge is 2.18. The lowest BCUT2D eigenvalue weighted by Crippen LogP contribution is -2.29. The minimum absolute atomic E-state index is 0.585. The van der Waals surface area contributed by atoms with Gasteiger partial charge in [0.1, 0.15) is 0 Å². The van der Waals surface area contributed by atoms with Crippen LogP contribution in [0.5, 0.6) is 0 Å². The van der Waals surface area contributed by atoms with Crippen LogP contribution in [0.15, 0.2) is 18.3 Å². The van der Waals surface area contributed by atoms with Crippen LogP contribution >= 0.6 is 0 Å². The van der Waals surface area contributed by atoms with Crippen molar-refractivity contribution >= 4 is 0 Å². The Morgan fingerprint density at radius 2 is 2.36 bits per heavy atom. The predicted molar refractivity (Wildman–Crippen MR) is 59.7 cm³/mol. The predicted octanol–water partition coefficient (Wildman–Crippen LogP) is 2.54. The number of rotatable bonds is 2. The molecule has 0 spiro atoms. The van der Waals surface area contributed by atoms with Gasteiger partial charge in [-0.3, -0.25) is 0 Å². The quantitative estimate of drug-likeness (QED) is 0.762. The van der Waals surface area contributed by atoms with Crippen molar-refractivity contribution in [3.63, 3.8) is 0 Å². The van der Waals surface area contributed by atoms with E-state index in [1.54, 1.807) is 0 Å². The second kappa shape index (κ2) is 4.18. The monoisotopic (exact) mass is 192 g/mol. The Labute approximate surface area is 86.3 Å². The van der Waals surface area contributed by atoms with Crippen LogP contribution in [-0.2, 0) is 0 Å². The number of nitrogens with zero attached hydrogens (tertiary/aromatic N) is 1.